The Labute approximate surface area is 124 Å². The minimum absolute atomic E-state index is 0.0240. The molecule has 0 aliphatic carbocycles. The van der Waals surface area contributed by atoms with Crippen LogP contribution in [0.3, 0.4) is 0 Å². The van der Waals surface area contributed by atoms with Crippen molar-refractivity contribution in [2.75, 3.05) is 5.75 Å². The second kappa shape index (κ2) is 7.09. The average molecular weight is 299 g/mol. The maximum atomic E-state index is 12.8. The molecule has 0 bridgehead atoms. The summed E-state index contributed by atoms with van der Waals surface area (Å²) in [6.45, 7) is 7.86. The Morgan fingerprint density at radius 3 is 2.40 bits per heavy atom. The molecule has 3 nitrogen and oxygen atoms in total. The van der Waals surface area contributed by atoms with Gasteiger partial charge < -0.3 is 10.4 Å². The van der Waals surface area contributed by atoms with Crippen LogP contribution in [-0.4, -0.2) is 27.6 Å². The normalized spacial score (nSPS) is 14.7. The van der Waals surface area contributed by atoms with Crippen LogP contribution in [0, 0.1) is 5.82 Å². The van der Waals surface area contributed by atoms with E-state index in [-0.39, 0.29) is 16.5 Å². The monoisotopic (exact) mass is 299 g/mol. The molecule has 112 valence electrons. The van der Waals surface area contributed by atoms with E-state index in [2.05, 4.69) is 5.32 Å². The summed E-state index contributed by atoms with van der Waals surface area (Å²) in [5.74, 6) is -0.109. The highest BCUT2D eigenvalue weighted by Gasteiger charge is 2.20. The van der Waals surface area contributed by atoms with Gasteiger partial charge in [0, 0.05) is 4.75 Å². The Kier molecular flexibility index (Phi) is 6.02. The predicted molar refractivity (Wildman–Crippen MR) is 81.2 cm³/mol. The number of amides is 1. The molecule has 0 radical (unpaired) electrons. The summed E-state index contributed by atoms with van der Waals surface area (Å²) in [6.07, 6.45) is -0.848. The summed E-state index contributed by atoms with van der Waals surface area (Å²) in [7, 11) is 0. The number of benzene rings is 1. The lowest BCUT2D eigenvalue weighted by atomic mass is 10.0. The molecule has 0 fully saturated rings. The first-order valence-corrected chi connectivity index (χ1v) is 7.54. The first-order chi connectivity index (χ1) is 9.19. The lowest BCUT2D eigenvalue weighted by molar-refractivity contribution is -0.119. The van der Waals surface area contributed by atoms with Gasteiger partial charge in [0.25, 0.3) is 0 Å². The fourth-order valence-corrected chi connectivity index (χ4v) is 2.25. The molecule has 2 N–H and O–H groups in total. The molecular formula is C15H22FNO2S. The number of halogens is 1. The van der Waals surface area contributed by atoms with E-state index in [1.54, 1.807) is 18.7 Å². The van der Waals surface area contributed by atoms with Crippen molar-refractivity contribution in [3.05, 3.63) is 35.6 Å². The van der Waals surface area contributed by atoms with Crippen LogP contribution in [-0.2, 0) is 4.79 Å². The van der Waals surface area contributed by atoms with E-state index in [9.17, 15) is 14.3 Å². The van der Waals surface area contributed by atoms with Crippen molar-refractivity contribution >= 4 is 17.7 Å². The van der Waals surface area contributed by atoms with E-state index in [0.29, 0.717) is 11.3 Å². The van der Waals surface area contributed by atoms with E-state index < -0.39 is 12.1 Å². The van der Waals surface area contributed by atoms with Crippen LogP contribution in [0.25, 0.3) is 0 Å². The molecule has 0 heterocycles. The van der Waals surface area contributed by atoms with Crippen molar-refractivity contribution in [1.29, 1.82) is 0 Å². The van der Waals surface area contributed by atoms with Gasteiger partial charge >= 0.3 is 0 Å². The van der Waals surface area contributed by atoms with E-state index in [1.165, 1.54) is 24.3 Å². The molecular weight excluding hydrogens is 277 g/mol. The third-order valence-corrected chi connectivity index (χ3v) is 3.98. The molecule has 1 amide bonds. The molecule has 0 unspecified atom stereocenters. The summed E-state index contributed by atoms with van der Waals surface area (Å²) < 4.78 is 12.8. The topological polar surface area (TPSA) is 49.3 Å². The zero-order valence-electron chi connectivity index (χ0n) is 12.3. The molecule has 0 aliphatic heterocycles. The second-order valence-electron chi connectivity index (χ2n) is 5.75. The lowest BCUT2D eigenvalue weighted by Gasteiger charge is -2.22. The molecule has 0 aromatic heterocycles. The minimum Gasteiger partial charge on any atom is -0.386 e. The van der Waals surface area contributed by atoms with Gasteiger partial charge in [-0.1, -0.05) is 32.9 Å². The predicted octanol–water partition coefficient (Wildman–Crippen LogP) is 2.90. The number of carbonyl (C=O) groups excluding carboxylic acids is 1. The third-order valence-electron chi connectivity index (χ3n) is 2.71. The van der Waals surface area contributed by atoms with Crippen molar-refractivity contribution in [1.82, 2.24) is 5.32 Å². The largest absolute Gasteiger partial charge is 0.386 e. The number of hydrogen-bond acceptors (Lipinski definition) is 3. The first kappa shape index (κ1) is 17.0. The fourth-order valence-electron chi connectivity index (χ4n) is 1.61. The van der Waals surface area contributed by atoms with Gasteiger partial charge in [-0.15, -0.1) is 11.8 Å². The summed E-state index contributed by atoms with van der Waals surface area (Å²) in [6, 6.07) is 5.21. The summed E-state index contributed by atoms with van der Waals surface area (Å²) >= 11 is 1.55. The fraction of sp³-hybridized carbons (Fsp3) is 0.533. The molecule has 0 saturated carbocycles. The number of aliphatic hydroxyl groups is 1. The third kappa shape index (κ3) is 5.92. The molecule has 1 aromatic carbocycles. The quantitative estimate of drug-likeness (QED) is 0.879. The minimum atomic E-state index is -0.848. The van der Waals surface area contributed by atoms with Crippen LogP contribution in [0.5, 0.6) is 0 Å². The molecule has 1 rings (SSSR count). The number of nitrogens with one attached hydrogen (secondary N) is 1. The van der Waals surface area contributed by atoms with E-state index in [1.807, 2.05) is 20.8 Å². The summed E-state index contributed by atoms with van der Waals surface area (Å²) in [5.41, 5.74) is 0.586. The van der Waals surface area contributed by atoms with Crippen LogP contribution >= 0.6 is 11.8 Å². The van der Waals surface area contributed by atoms with Gasteiger partial charge in [-0.05, 0) is 24.6 Å². The van der Waals surface area contributed by atoms with Gasteiger partial charge in [0.1, 0.15) is 5.82 Å². The molecule has 2 atom stereocenters. The van der Waals surface area contributed by atoms with Crippen LogP contribution < -0.4 is 5.32 Å². The van der Waals surface area contributed by atoms with Gasteiger partial charge in [-0.25, -0.2) is 4.39 Å². The lowest BCUT2D eigenvalue weighted by Crippen LogP contribution is -2.38. The van der Waals surface area contributed by atoms with Gasteiger partial charge in [0.15, 0.2) is 0 Å². The Hall–Kier alpha value is -1.07. The maximum absolute atomic E-state index is 12.8. The molecule has 0 aliphatic rings. The zero-order chi connectivity index (χ0) is 15.3. The van der Waals surface area contributed by atoms with E-state index in [0.717, 1.165) is 0 Å². The first-order valence-electron chi connectivity index (χ1n) is 6.56. The van der Waals surface area contributed by atoms with Gasteiger partial charge in [-0.3, -0.25) is 4.79 Å². The van der Waals surface area contributed by atoms with E-state index in [4.69, 9.17) is 0 Å². The summed E-state index contributed by atoms with van der Waals surface area (Å²) in [4.78, 5) is 11.8. The van der Waals surface area contributed by atoms with Crippen molar-refractivity contribution < 1.29 is 14.3 Å². The Bertz CT molecular complexity index is 442. The van der Waals surface area contributed by atoms with Crippen LogP contribution in [0.1, 0.15) is 39.4 Å². The van der Waals surface area contributed by atoms with Gasteiger partial charge in [-0.2, -0.15) is 0 Å². The molecule has 1 aromatic rings. The van der Waals surface area contributed by atoms with Gasteiger partial charge in [0.2, 0.25) is 5.91 Å². The highest BCUT2D eigenvalue weighted by molar-refractivity contribution is 8.01. The van der Waals surface area contributed by atoms with Crippen LogP contribution in [0.15, 0.2) is 24.3 Å². The van der Waals surface area contributed by atoms with Crippen molar-refractivity contribution in [3.63, 3.8) is 0 Å². The Morgan fingerprint density at radius 2 is 1.90 bits per heavy atom. The number of thioether (sulfide) groups is 1. The average Bonchev–Trinajstić information content (AvgIpc) is 2.35. The maximum Gasteiger partial charge on any atom is 0.230 e. The molecule has 5 heteroatoms. The number of aliphatic hydroxyl groups excluding tert-OH is 1. The smallest absolute Gasteiger partial charge is 0.230 e. The zero-order valence-corrected chi connectivity index (χ0v) is 13.1. The Balaban J connectivity index is 2.51. The van der Waals surface area contributed by atoms with Crippen molar-refractivity contribution in [2.45, 2.75) is 44.6 Å². The SMILES string of the molecule is C[C@@H](NC(=O)CSC(C)(C)C)[C@@H](O)c1ccc(F)cc1. The van der Waals surface area contributed by atoms with Crippen molar-refractivity contribution in [3.8, 4) is 0 Å². The molecule has 0 spiro atoms. The standard InChI is InChI=1S/C15H22FNO2S/c1-10(17-13(18)9-20-15(2,3)4)14(19)11-5-7-12(16)8-6-11/h5-8,10,14,19H,9H2,1-4H3,(H,17,18)/t10-,14-/m1/s1. The molecule has 20 heavy (non-hydrogen) atoms. The molecule has 0 saturated heterocycles. The number of carbonyl (C=O) groups is 1. The number of hydrogen-bond donors (Lipinski definition) is 2. The Morgan fingerprint density at radius 1 is 1.35 bits per heavy atom. The highest BCUT2D eigenvalue weighted by atomic mass is 32.2. The van der Waals surface area contributed by atoms with Crippen molar-refractivity contribution in [2.24, 2.45) is 0 Å². The van der Waals surface area contributed by atoms with E-state index >= 15 is 0 Å². The number of rotatable bonds is 5. The van der Waals surface area contributed by atoms with Crippen LogP contribution in [0.2, 0.25) is 0 Å². The van der Waals surface area contributed by atoms with Crippen LogP contribution in [0.4, 0.5) is 4.39 Å². The highest BCUT2D eigenvalue weighted by Crippen LogP contribution is 2.23. The summed E-state index contributed by atoms with van der Waals surface area (Å²) in [5, 5.41) is 12.9. The van der Waals surface area contributed by atoms with Gasteiger partial charge in [0.05, 0.1) is 17.9 Å². The second-order valence-corrected chi connectivity index (χ2v) is 7.56.